The number of hydrogen-bond donors (Lipinski definition) is 1. The average molecular weight is 284 g/mol. The van der Waals surface area contributed by atoms with E-state index in [2.05, 4.69) is 4.90 Å². The molecule has 0 unspecified atom stereocenters. The van der Waals surface area contributed by atoms with Crippen LogP contribution in [0.4, 0.5) is 0 Å². The predicted octanol–water partition coefficient (Wildman–Crippen LogP) is 3.26. The Kier molecular flexibility index (Phi) is 5.49. The quantitative estimate of drug-likeness (QED) is 0.814. The monoisotopic (exact) mass is 283 g/mol. The summed E-state index contributed by atoms with van der Waals surface area (Å²) >= 11 is 5.93. The fourth-order valence-electron chi connectivity index (χ4n) is 2.45. The molecule has 0 amide bonds. The Labute approximate surface area is 120 Å². The molecule has 1 aromatic carbocycles. The largest absolute Gasteiger partial charge is 0.493 e. The van der Waals surface area contributed by atoms with Gasteiger partial charge in [0.05, 0.1) is 12.7 Å². The minimum Gasteiger partial charge on any atom is -0.493 e. The second-order valence-electron chi connectivity index (χ2n) is 5.11. The van der Waals surface area contributed by atoms with Gasteiger partial charge in [0.1, 0.15) is 5.75 Å². The topological polar surface area (TPSA) is 32.7 Å². The molecular formula is C15H22ClNO2. The van der Waals surface area contributed by atoms with Crippen molar-refractivity contribution in [1.82, 2.24) is 4.90 Å². The van der Waals surface area contributed by atoms with Crippen molar-refractivity contribution in [1.29, 1.82) is 0 Å². The molecule has 106 valence electrons. The lowest BCUT2D eigenvalue weighted by molar-refractivity contribution is 0.189. The predicted molar refractivity (Wildman–Crippen MR) is 77.9 cm³/mol. The van der Waals surface area contributed by atoms with Gasteiger partial charge in [-0.1, -0.05) is 11.6 Å². The van der Waals surface area contributed by atoms with E-state index in [4.69, 9.17) is 16.3 Å². The number of benzene rings is 1. The maximum absolute atomic E-state index is 9.71. The van der Waals surface area contributed by atoms with Crippen molar-refractivity contribution in [2.45, 2.75) is 32.3 Å². The number of nitrogens with zero attached hydrogens (tertiary/aromatic N) is 1. The van der Waals surface area contributed by atoms with E-state index in [1.165, 1.54) is 25.9 Å². The summed E-state index contributed by atoms with van der Waals surface area (Å²) in [7, 11) is 0. The summed E-state index contributed by atoms with van der Waals surface area (Å²) in [4.78, 5) is 2.47. The molecule has 1 aliphatic heterocycles. The van der Waals surface area contributed by atoms with Gasteiger partial charge in [0.2, 0.25) is 0 Å². The molecule has 4 heteroatoms. The second-order valence-corrected chi connectivity index (χ2v) is 5.55. The van der Waals surface area contributed by atoms with Crippen LogP contribution in [-0.4, -0.2) is 36.2 Å². The Morgan fingerprint density at radius 2 is 2.11 bits per heavy atom. The van der Waals surface area contributed by atoms with Gasteiger partial charge in [-0.15, -0.1) is 0 Å². The summed E-state index contributed by atoms with van der Waals surface area (Å²) in [6.07, 6.45) is 3.10. The van der Waals surface area contributed by atoms with Crippen LogP contribution in [0.1, 0.15) is 37.9 Å². The molecular weight excluding hydrogens is 262 g/mol. The van der Waals surface area contributed by atoms with Crippen LogP contribution in [0.3, 0.4) is 0 Å². The fraction of sp³-hybridized carbons (Fsp3) is 0.600. The third kappa shape index (κ3) is 4.37. The maximum Gasteiger partial charge on any atom is 0.125 e. The molecule has 0 bridgehead atoms. The molecule has 0 radical (unpaired) electrons. The SMILES string of the molecule is C[C@@H](O)c1cc(Cl)ccc1OCCCN1CCCC1. The lowest BCUT2D eigenvalue weighted by Crippen LogP contribution is -2.22. The molecule has 0 saturated carbocycles. The summed E-state index contributed by atoms with van der Waals surface area (Å²) in [5.41, 5.74) is 0.758. The summed E-state index contributed by atoms with van der Waals surface area (Å²) in [6.45, 7) is 5.94. The van der Waals surface area contributed by atoms with Crippen molar-refractivity contribution in [3.63, 3.8) is 0 Å². The first-order valence-corrected chi connectivity index (χ1v) is 7.37. The molecule has 0 spiro atoms. The van der Waals surface area contributed by atoms with E-state index in [-0.39, 0.29) is 0 Å². The molecule has 19 heavy (non-hydrogen) atoms. The van der Waals surface area contributed by atoms with E-state index in [9.17, 15) is 5.11 Å². The first-order chi connectivity index (χ1) is 9.16. The summed E-state index contributed by atoms with van der Waals surface area (Å²) in [5.74, 6) is 0.737. The van der Waals surface area contributed by atoms with E-state index in [1.807, 2.05) is 6.07 Å². The maximum atomic E-state index is 9.71. The third-order valence-corrected chi connectivity index (χ3v) is 3.73. The van der Waals surface area contributed by atoms with Gasteiger partial charge < -0.3 is 14.7 Å². The summed E-state index contributed by atoms with van der Waals surface area (Å²) in [5, 5.41) is 10.3. The van der Waals surface area contributed by atoms with Crippen LogP contribution in [0.25, 0.3) is 0 Å². The molecule has 1 aliphatic rings. The van der Waals surface area contributed by atoms with Crippen LogP contribution in [0, 0.1) is 0 Å². The molecule has 1 saturated heterocycles. The minimum absolute atomic E-state index is 0.563. The number of likely N-dealkylation sites (tertiary alicyclic amines) is 1. The van der Waals surface area contributed by atoms with Crippen LogP contribution < -0.4 is 4.74 Å². The molecule has 1 N–H and O–H groups in total. The second kappa shape index (κ2) is 7.13. The third-order valence-electron chi connectivity index (χ3n) is 3.50. The Morgan fingerprint density at radius 1 is 1.37 bits per heavy atom. The number of aliphatic hydroxyl groups is 1. The van der Waals surface area contributed by atoms with Crippen molar-refractivity contribution < 1.29 is 9.84 Å². The van der Waals surface area contributed by atoms with Crippen molar-refractivity contribution >= 4 is 11.6 Å². The number of ether oxygens (including phenoxy) is 1. The molecule has 1 aromatic rings. The van der Waals surface area contributed by atoms with Crippen LogP contribution in [-0.2, 0) is 0 Å². The number of aliphatic hydroxyl groups excluding tert-OH is 1. The van der Waals surface area contributed by atoms with Gasteiger partial charge in [-0.25, -0.2) is 0 Å². The highest BCUT2D eigenvalue weighted by Crippen LogP contribution is 2.28. The first-order valence-electron chi connectivity index (χ1n) is 6.99. The van der Waals surface area contributed by atoms with Crippen LogP contribution in [0.2, 0.25) is 5.02 Å². The fourth-order valence-corrected chi connectivity index (χ4v) is 2.63. The van der Waals surface area contributed by atoms with Gasteiger partial charge >= 0.3 is 0 Å². The van der Waals surface area contributed by atoms with E-state index in [1.54, 1.807) is 19.1 Å². The number of rotatable bonds is 6. The van der Waals surface area contributed by atoms with E-state index < -0.39 is 6.10 Å². The van der Waals surface area contributed by atoms with Crippen LogP contribution >= 0.6 is 11.6 Å². The van der Waals surface area contributed by atoms with E-state index in [0.29, 0.717) is 11.6 Å². The lowest BCUT2D eigenvalue weighted by atomic mass is 10.1. The molecule has 0 aromatic heterocycles. The van der Waals surface area contributed by atoms with Crippen LogP contribution in [0.15, 0.2) is 18.2 Å². The van der Waals surface area contributed by atoms with Gasteiger partial charge in [-0.05, 0) is 57.5 Å². The van der Waals surface area contributed by atoms with Gasteiger partial charge in [0.15, 0.2) is 0 Å². The van der Waals surface area contributed by atoms with Gasteiger partial charge in [0, 0.05) is 17.1 Å². The Bertz CT molecular complexity index is 403. The Hall–Kier alpha value is -0.770. The molecule has 2 rings (SSSR count). The molecule has 0 aliphatic carbocycles. The van der Waals surface area contributed by atoms with Crippen molar-refractivity contribution in [2.75, 3.05) is 26.2 Å². The summed E-state index contributed by atoms with van der Waals surface area (Å²) < 4.78 is 5.77. The lowest BCUT2D eigenvalue weighted by Gasteiger charge is -2.16. The van der Waals surface area contributed by atoms with Gasteiger partial charge in [0.25, 0.3) is 0 Å². The van der Waals surface area contributed by atoms with Crippen molar-refractivity contribution in [3.8, 4) is 5.75 Å². The summed E-state index contributed by atoms with van der Waals surface area (Å²) in [6, 6.07) is 5.39. The highest BCUT2D eigenvalue weighted by atomic mass is 35.5. The number of halogens is 1. The zero-order chi connectivity index (χ0) is 13.7. The van der Waals surface area contributed by atoms with E-state index >= 15 is 0 Å². The van der Waals surface area contributed by atoms with Gasteiger partial charge in [-0.3, -0.25) is 0 Å². The molecule has 3 nitrogen and oxygen atoms in total. The molecule has 1 atom stereocenters. The van der Waals surface area contributed by atoms with Crippen molar-refractivity contribution in [2.24, 2.45) is 0 Å². The average Bonchev–Trinajstić information content (AvgIpc) is 2.89. The van der Waals surface area contributed by atoms with Crippen LogP contribution in [0.5, 0.6) is 5.75 Å². The first kappa shape index (κ1) is 14.6. The zero-order valence-electron chi connectivity index (χ0n) is 11.4. The standard InChI is InChI=1S/C15H22ClNO2/c1-12(18)14-11-13(16)5-6-15(14)19-10-4-9-17-7-2-3-8-17/h5-6,11-12,18H,2-4,7-10H2,1H3/t12-/m1/s1. The smallest absolute Gasteiger partial charge is 0.125 e. The normalized spacial score (nSPS) is 17.6. The van der Waals surface area contributed by atoms with Gasteiger partial charge in [-0.2, -0.15) is 0 Å². The Morgan fingerprint density at radius 3 is 2.79 bits per heavy atom. The highest BCUT2D eigenvalue weighted by molar-refractivity contribution is 6.30. The van der Waals surface area contributed by atoms with Crippen molar-refractivity contribution in [3.05, 3.63) is 28.8 Å². The number of hydrogen-bond acceptors (Lipinski definition) is 3. The van der Waals surface area contributed by atoms with E-state index in [0.717, 1.165) is 24.3 Å². The molecule has 1 fully saturated rings. The zero-order valence-corrected chi connectivity index (χ0v) is 12.2. The Balaban J connectivity index is 1.81. The molecule has 1 heterocycles. The minimum atomic E-state index is -0.563. The highest BCUT2D eigenvalue weighted by Gasteiger charge is 2.12.